The van der Waals surface area contributed by atoms with Crippen molar-refractivity contribution in [3.63, 3.8) is 0 Å². The van der Waals surface area contributed by atoms with E-state index in [0.29, 0.717) is 31.2 Å². The molecule has 0 spiro atoms. The zero-order valence-corrected chi connectivity index (χ0v) is 18.2. The highest BCUT2D eigenvalue weighted by molar-refractivity contribution is 7.89. The van der Waals surface area contributed by atoms with Gasteiger partial charge in [0.1, 0.15) is 11.5 Å². The third-order valence-electron chi connectivity index (χ3n) is 5.07. The summed E-state index contributed by atoms with van der Waals surface area (Å²) in [6.07, 6.45) is 0.826. The average Bonchev–Trinajstić information content (AvgIpc) is 2.78. The number of carbonyl (C=O) groups is 1. The molecule has 0 radical (unpaired) electrons. The van der Waals surface area contributed by atoms with Gasteiger partial charge in [-0.15, -0.1) is 0 Å². The van der Waals surface area contributed by atoms with Crippen LogP contribution in [-0.2, 0) is 21.2 Å². The fraction of sp³-hybridized carbons (Fsp3) is 0.409. The Balaban J connectivity index is 1.55. The molecule has 0 N–H and O–H groups in total. The number of para-hydroxylation sites is 1. The van der Waals surface area contributed by atoms with Gasteiger partial charge < -0.3 is 14.4 Å². The monoisotopic (exact) mass is 432 g/mol. The van der Waals surface area contributed by atoms with Crippen LogP contribution in [0.15, 0.2) is 53.4 Å². The van der Waals surface area contributed by atoms with Crippen LogP contribution in [0, 0.1) is 0 Å². The molecule has 1 aliphatic rings. The van der Waals surface area contributed by atoms with E-state index < -0.39 is 10.0 Å². The van der Waals surface area contributed by atoms with Crippen LogP contribution in [0.1, 0.15) is 19.4 Å². The van der Waals surface area contributed by atoms with Crippen molar-refractivity contribution in [3.8, 4) is 11.5 Å². The fourth-order valence-electron chi connectivity index (χ4n) is 3.37. The predicted octanol–water partition coefficient (Wildman–Crippen LogP) is 2.56. The van der Waals surface area contributed by atoms with Crippen molar-refractivity contribution >= 4 is 15.9 Å². The van der Waals surface area contributed by atoms with Crippen LogP contribution in [0.5, 0.6) is 11.5 Å². The van der Waals surface area contributed by atoms with Gasteiger partial charge >= 0.3 is 0 Å². The molecule has 8 heteroatoms. The van der Waals surface area contributed by atoms with Crippen molar-refractivity contribution in [2.45, 2.75) is 25.2 Å². The molecule has 7 nitrogen and oxygen atoms in total. The molecular formula is C22H28N2O5S. The van der Waals surface area contributed by atoms with Gasteiger partial charge in [0.25, 0.3) is 5.91 Å². The van der Waals surface area contributed by atoms with Crippen LogP contribution in [0.25, 0.3) is 0 Å². The molecule has 0 atom stereocenters. The van der Waals surface area contributed by atoms with Crippen molar-refractivity contribution in [3.05, 3.63) is 54.1 Å². The summed E-state index contributed by atoms with van der Waals surface area (Å²) in [6.45, 7) is 5.58. The van der Waals surface area contributed by atoms with Gasteiger partial charge in [-0.3, -0.25) is 4.79 Å². The molecule has 30 heavy (non-hydrogen) atoms. The van der Waals surface area contributed by atoms with Crippen molar-refractivity contribution in [2.24, 2.45) is 0 Å². The molecular weight excluding hydrogens is 404 g/mol. The van der Waals surface area contributed by atoms with Gasteiger partial charge in [0.2, 0.25) is 10.0 Å². The fourth-order valence-corrected chi connectivity index (χ4v) is 4.79. The first kappa shape index (κ1) is 22.1. The molecule has 2 aromatic carbocycles. The molecule has 2 aromatic rings. The number of nitrogens with zero attached hydrogens (tertiary/aromatic N) is 2. The van der Waals surface area contributed by atoms with Gasteiger partial charge in [-0.05, 0) is 49.2 Å². The minimum Gasteiger partial charge on any atom is -0.494 e. The topological polar surface area (TPSA) is 76.2 Å². The first-order chi connectivity index (χ1) is 14.5. The van der Waals surface area contributed by atoms with Crippen molar-refractivity contribution in [2.75, 3.05) is 39.4 Å². The highest BCUT2D eigenvalue weighted by Crippen LogP contribution is 2.21. The molecule has 1 amide bonds. The quantitative estimate of drug-likeness (QED) is 0.641. The molecule has 0 aromatic heterocycles. The molecule has 0 bridgehead atoms. The van der Waals surface area contributed by atoms with Gasteiger partial charge in [-0.25, -0.2) is 8.42 Å². The normalized spacial score (nSPS) is 15.1. The van der Waals surface area contributed by atoms with Crippen molar-refractivity contribution in [1.82, 2.24) is 9.21 Å². The Morgan fingerprint density at radius 2 is 1.60 bits per heavy atom. The summed E-state index contributed by atoms with van der Waals surface area (Å²) in [4.78, 5) is 14.4. The zero-order valence-electron chi connectivity index (χ0n) is 17.4. The van der Waals surface area contributed by atoms with E-state index in [1.54, 1.807) is 29.2 Å². The van der Waals surface area contributed by atoms with Crippen molar-refractivity contribution < 1.29 is 22.7 Å². The maximum Gasteiger partial charge on any atom is 0.260 e. The molecule has 1 aliphatic heterocycles. The Labute approximate surface area is 178 Å². The number of piperazine rings is 1. The van der Waals surface area contributed by atoms with Crippen LogP contribution < -0.4 is 9.47 Å². The van der Waals surface area contributed by atoms with E-state index in [4.69, 9.17) is 9.47 Å². The molecule has 162 valence electrons. The minimum atomic E-state index is -3.60. The highest BCUT2D eigenvalue weighted by atomic mass is 32.2. The van der Waals surface area contributed by atoms with E-state index >= 15 is 0 Å². The molecule has 0 aliphatic carbocycles. The molecule has 1 heterocycles. The van der Waals surface area contributed by atoms with Crippen LogP contribution >= 0.6 is 0 Å². The summed E-state index contributed by atoms with van der Waals surface area (Å²) in [7, 11) is -3.60. The molecule has 1 fully saturated rings. The summed E-state index contributed by atoms with van der Waals surface area (Å²) in [5, 5.41) is 0. The maximum atomic E-state index is 12.9. The Kier molecular flexibility index (Phi) is 7.33. The summed E-state index contributed by atoms with van der Waals surface area (Å²) < 4.78 is 38.2. The largest absolute Gasteiger partial charge is 0.494 e. The van der Waals surface area contributed by atoms with Crippen LogP contribution in [0.3, 0.4) is 0 Å². The lowest BCUT2D eigenvalue weighted by Crippen LogP contribution is -2.51. The SMILES string of the molecule is CCOc1ccc(S(=O)(=O)N2CCN(C(=O)COc3ccccc3CC)CC2)cc1. The number of aryl methyl sites for hydroxylation is 1. The second kappa shape index (κ2) is 9.95. The number of amides is 1. The summed E-state index contributed by atoms with van der Waals surface area (Å²) in [5.74, 6) is 1.21. The molecule has 0 unspecified atom stereocenters. The molecule has 3 rings (SSSR count). The number of hydrogen-bond acceptors (Lipinski definition) is 5. The summed E-state index contributed by atoms with van der Waals surface area (Å²) >= 11 is 0. The van der Waals surface area contributed by atoms with Gasteiger partial charge in [-0.1, -0.05) is 25.1 Å². The minimum absolute atomic E-state index is 0.0529. The lowest BCUT2D eigenvalue weighted by molar-refractivity contribution is -0.134. The number of hydrogen-bond donors (Lipinski definition) is 0. The Morgan fingerprint density at radius 1 is 0.933 bits per heavy atom. The van der Waals surface area contributed by atoms with Gasteiger partial charge in [-0.2, -0.15) is 4.31 Å². The average molecular weight is 433 g/mol. The lowest BCUT2D eigenvalue weighted by atomic mass is 10.1. The smallest absolute Gasteiger partial charge is 0.260 e. The van der Waals surface area contributed by atoms with E-state index in [1.165, 1.54) is 4.31 Å². The molecule has 1 saturated heterocycles. The second-order valence-electron chi connectivity index (χ2n) is 6.94. The Hall–Kier alpha value is -2.58. The Morgan fingerprint density at radius 3 is 2.23 bits per heavy atom. The second-order valence-corrected chi connectivity index (χ2v) is 8.88. The number of ether oxygens (including phenoxy) is 2. The first-order valence-electron chi connectivity index (χ1n) is 10.2. The van der Waals surface area contributed by atoms with Gasteiger partial charge in [0.05, 0.1) is 11.5 Å². The van der Waals surface area contributed by atoms with Crippen molar-refractivity contribution in [1.29, 1.82) is 0 Å². The third kappa shape index (κ3) is 5.12. The van der Waals surface area contributed by atoms with E-state index in [9.17, 15) is 13.2 Å². The van der Waals surface area contributed by atoms with E-state index in [1.807, 2.05) is 38.1 Å². The third-order valence-corrected chi connectivity index (χ3v) is 6.98. The Bertz CT molecular complexity index is 952. The van der Waals surface area contributed by atoms with Crippen LogP contribution in [0.2, 0.25) is 0 Å². The summed E-state index contributed by atoms with van der Waals surface area (Å²) in [6, 6.07) is 14.1. The predicted molar refractivity (Wildman–Crippen MR) is 114 cm³/mol. The standard InChI is InChI=1S/C22H28N2O5S/c1-3-18-7-5-6-8-21(18)29-17-22(25)23-13-15-24(16-14-23)30(26,27)20-11-9-19(10-12-20)28-4-2/h5-12H,3-4,13-17H2,1-2H3. The van der Waals surface area contributed by atoms with Crippen LogP contribution in [-0.4, -0.2) is 62.9 Å². The highest BCUT2D eigenvalue weighted by Gasteiger charge is 2.30. The number of carbonyl (C=O) groups excluding carboxylic acids is 1. The maximum absolute atomic E-state index is 12.9. The van der Waals surface area contributed by atoms with Crippen LogP contribution in [0.4, 0.5) is 0 Å². The number of rotatable bonds is 8. The number of sulfonamides is 1. The van der Waals surface area contributed by atoms with Gasteiger partial charge in [0.15, 0.2) is 6.61 Å². The van der Waals surface area contributed by atoms with E-state index in [0.717, 1.165) is 12.0 Å². The lowest BCUT2D eigenvalue weighted by Gasteiger charge is -2.34. The zero-order chi connectivity index (χ0) is 21.6. The summed E-state index contributed by atoms with van der Waals surface area (Å²) in [5.41, 5.74) is 1.05. The first-order valence-corrected chi connectivity index (χ1v) is 11.6. The van der Waals surface area contributed by atoms with E-state index in [2.05, 4.69) is 0 Å². The van der Waals surface area contributed by atoms with Gasteiger partial charge in [0, 0.05) is 26.2 Å². The van der Waals surface area contributed by atoms with E-state index in [-0.39, 0.29) is 30.5 Å². The number of benzene rings is 2. The molecule has 0 saturated carbocycles.